The van der Waals surface area contributed by atoms with Gasteiger partial charge in [-0.05, 0) is 25.3 Å². The van der Waals surface area contributed by atoms with E-state index in [0.717, 1.165) is 13.1 Å². The van der Waals surface area contributed by atoms with Gasteiger partial charge in [-0.25, -0.2) is 0 Å². The van der Waals surface area contributed by atoms with Crippen LogP contribution >= 0.6 is 0 Å². The summed E-state index contributed by atoms with van der Waals surface area (Å²) in [5.74, 6) is 1.50. The Labute approximate surface area is 76.1 Å². The summed E-state index contributed by atoms with van der Waals surface area (Å²) in [6, 6.07) is 0.647. The molecule has 1 aliphatic heterocycles. The van der Waals surface area contributed by atoms with Crippen molar-refractivity contribution in [1.82, 2.24) is 4.90 Å². The Balaban J connectivity index is 2.36. The molecule has 1 radical (unpaired) electrons. The molecule has 1 rings (SSSR count). The molecule has 0 amide bonds. The van der Waals surface area contributed by atoms with Crippen LogP contribution in [0.4, 0.5) is 0 Å². The van der Waals surface area contributed by atoms with Gasteiger partial charge in [0.25, 0.3) is 0 Å². The molecule has 0 aromatic carbocycles. The molecule has 0 saturated carbocycles. The van der Waals surface area contributed by atoms with E-state index in [0.29, 0.717) is 6.04 Å². The van der Waals surface area contributed by atoms with Gasteiger partial charge in [0.05, 0.1) is 0 Å². The Kier molecular flexibility index (Phi) is 4.02. The van der Waals surface area contributed by atoms with Gasteiger partial charge in [-0.3, -0.25) is 4.90 Å². The van der Waals surface area contributed by atoms with Gasteiger partial charge in [0.15, 0.2) is 0 Å². The number of hydrogen-bond donors (Lipinski definition) is 1. The van der Waals surface area contributed by atoms with Crippen molar-refractivity contribution in [1.29, 1.82) is 0 Å². The molecule has 0 aromatic heterocycles. The van der Waals surface area contributed by atoms with E-state index in [1.165, 1.54) is 31.7 Å². The Bertz CT molecular complexity index is 123. The predicted molar refractivity (Wildman–Crippen MR) is 52.9 cm³/mol. The van der Waals surface area contributed by atoms with Crippen LogP contribution < -0.4 is 5.73 Å². The van der Waals surface area contributed by atoms with E-state index in [4.69, 9.17) is 5.73 Å². The molecule has 0 bridgehead atoms. The second-order valence-corrected chi connectivity index (χ2v) is 4.06. The van der Waals surface area contributed by atoms with Crippen LogP contribution in [-0.2, 0) is 0 Å². The zero-order valence-corrected chi connectivity index (χ0v) is 8.34. The van der Waals surface area contributed by atoms with E-state index < -0.39 is 0 Å². The SMILES string of the molecule is C[C](C)CN1CCCCC1CN. The highest BCUT2D eigenvalue weighted by Crippen LogP contribution is 2.17. The van der Waals surface area contributed by atoms with Crippen LogP contribution in [-0.4, -0.2) is 30.6 Å². The highest BCUT2D eigenvalue weighted by atomic mass is 15.2. The monoisotopic (exact) mass is 169 g/mol. The molecule has 2 N–H and O–H groups in total. The summed E-state index contributed by atoms with van der Waals surface area (Å²) in [6.45, 7) is 7.60. The van der Waals surface area contributed by atoms with Crippen molar-refractivity contribution in [2.75, 3.05) is 19.6 Å². The molecule has 0 aromatic rings. The minimum absolute atomic E-state index is 0.647. The molecule has 0 aliphatic carbocycles. The second-order valence-electron chi connectivity index (χ2n) is 4.06. The first kappa shape index (κ1) is 10.0. The van der Waals surface area contributed by atoms with Crippen molar-refractivity contribution in [2.45, 2.75) is 39.2 Å². The summed E-state index contributed by atoms with van der Waals surface area (Å²) in [5.41, 5.74) is 5.72. The number of rotatable bonds is 3. The van der Waals surface area contributed by atoms with Crippen molar-refractivity contribution < 1.29 is 0 Å². The maximum atomic E-state index is 5.72. The van der Waals surface area contributed by atoms with Gasteiger partial charge in [0.1, 0.15) is 0 Å². The molecule has 2 heteroatoms. The maximum absolute atomic E-state index is 5.72. The van der Waals surface area contributed by atoms with Crippen LogP contribution in [0.5, 0.6) is 0 Å². The van der Waals surface area contributed by atoms with Gasteiger partial charge in [0, 0.05) is 19.1 Å². The minimum Gasteiger partial charge on any atom is -0.329 e. The first-order valence-electron chi connectivity index (χ1n) is 4.97. The fraction of sp³-hybridized carbons (Fsp3) is 0.900. The van der Waals surface area contributed by atoms with E-state index in [-0.39, 0.29) is 0 Å². The van der Waals surface area contributed by atoms with Crippen molar-refractivity contribution in [3.63, 3.8) is 0 Å². The first-order valence-corrected chi connectivity index (χ1v) is 4.97. The van der Waals surface area contributed by atoms with Crippen molar-refractivity contribution in [3.8, 4) is 0 Å². The molecule has 1 saturated heterocycles. The van der Waals surface area contributed by atoms with E-state index in [1.54, 1.807) is 0 Å². The molecular weight excluding hydrogens is 148 g/mol. The molecule has 1 atom stereocenters. The lowest BCUT2D eigenvalue weighted by molar-refractivity contribution is 0.159. The number of piperidine rings is 1. The summed E-state index contributed by atoms with van der Waals surface area (Å²) in [5, 5.41) is 0. The van der Waals surface area contributed by atoms with Crippen molar-refractivity contribution in [2.24, 2.45) is 5.73 Å². The number of nitrogens with zero attached hydrogens (tertiary/aromatic N) is 1. The first-order chi connectivity index (χ1) is 5.74. The van der Waals surface area contributed by atoms with Crippen LogP contribution in [0.3, 0.4) is 0 Å². The van der Waals surface area contributed by atoms with Gasteiger partial charge in [-0.2, -0.15) is 0 Å². The predicted octanol–water partition coefficient (Wildman–Crippen LogP) is 1.41. The lowest BCUT2D eigenvalue weighted by Crippen LogP contribution is -2.45. The van der Waals surface area contributed by atoms with E-state index in [9.17, 15) is 0 Å². The normalized spacial score (nSPS) is 26.5. The largest absolute Gasteiger partial charge is 0.329 e. The quantitative estimate of drug-likeness (QED) is 0.692. The third kappa shape index (κ3) is 2.76. The second kappa shape index (κ2) is 4.83. The van der Waals surface area contributed by atoms with E-state index in [2.05, 4.69) is 18.7 Å². The van der Waals surface area contributed by atoms with Crippen LogP contribution in [0.25, 0.3) is 0 Å². The van der Waals surface area contributed by atoms with Crippen LogP contribution in [0.15, 0.2) is 0 Å². The zero-order chi connectivity index (χ0) is 8.97. The van der Waals surface area contributed by atoms with Crippen LogP contribution in [0, 0.1) is 5.92 Å². The molecule has 2 nitrogen and oxygen atoms in total. The Morgan fingerprint density at radius 3 is 2.75 bits per heavy atom. The summed E-state index contributed by atoms with van der Waals surface area (Å²) < 4.78 is 0. The third-order valence-electron chi connectivity index (χ3n) is 2.54. The Morgan fingerprint density at radius 1 is 1.42 bits per heavy atom. The smallest absolute Gasteiger partial charge is 0.0218 e. The Hall–Kier alpha value is -0.0800. The average Bonchev–Trinajstić information content (AvgIpc) is 2.04. The topological polar surface area (TPSA) is 29.3 Å². The van der Waals surface area contributed by atoms with Crippen molar-refractivity contribution in [3.05, 3.63) is 5.92 Å². The fourth-order valence-corrected chi connectivity index (χ4v) is 1.94. The molecular formula is C10H21N2. The summed E-state index contributed by atoms with van der Waals surface area (Å²) in [4.78, 5) is 2.53. The van der Waals surface area contributed by atoms with Crippen LogP contribution in [0.2, 0.25) is 0 Å². The molecule has 1 aliphatic rings. The number of nitrogens with two attached hydrogens (primary N) is 1. The molecule has 0 spiro atoms. The lowest BCUT2D eigenvalue weighted by Gasteiger charge is -2.35. The average molecular weight is 169 g/mol. The summed E-state index contributed by atoms with van der Waals surface area (Å²) >= 11 is 0. The standard InChI is InChI=1S/C10H21N2/c1-9(2)8-12-6-4-3-5-10(12)7-11/h10H,3-8,11H2,1-2H3. The highest BCUT2D eigenvalue weighted by molar-refractivity contribution is 4.87. The number of hydrogen-bond acceptors (Lipinski definition) is 2. The summed E-state index contributed by atoms with van der Waals surface area (Å²) in [7, 11) is 0. The van der Waals surface area contributed by atoms with Gasteiger partial charge >= 0.3 is 0 Å². The molecule has 1 heterocycles. The minimum atomic E-state index is 0.647. The van der Waals surface area contributed by atoms with Gasteiger partial charge in [-0.1, -0.05) is 20.3 Å². The Morgan fingerprint density at radius 2 is 2.17 bits per heavy atom. The van der Waals surface area contributed by atoms with Crippen LogP contribution in [0.1, 0.15) is 33.1 Å². The summed E-state index contributed by atoms with van der Waals surface area (Å²) in [6.07, 6.45) is 4.01. The maximum Gasteiger partial charge on any atom is 0.0218 e. The van der Waals surface area contributed by atoms with Gasteiger partial charge < -0.3 is 5.73 Å². The zero-order valence-electron chi connectivity index (χ0n) is 8.34. The third-order valence-corrected chi connectivity index (χ3v) is 2.54. The lowest BCUT2D eigenvalue weighted by atomic mass is 10.0. The fourth-order valence-electron chi connectivity index (χ4n) is 1.94. The molecule has 12 heavy (non-hydrogen) atoms. The highest BCUT2D eigenvalue weighted by Gasteiger charge is 2.21. The van der Waals surface area contributed by atoms with E-state index in [1.807, 2.05) is 0 Å². The van der Waals surface area contributed by atoms with Gasteiger partial charge in [-0.15, -0.1) is 0 Å². The molecule has 71 valence electrons. The van der Waals surface area contributed by atoms with E-state index >= 15 is 0 Å². The number of likely N-dealkylation sites (tertiary alicyclic amines) is 1. The molecule has 1 fully saturated rings. The van der Waals surface area contributed by atoms with Gasteiger partial charge in [0.2, 0.25) is 0 Å². The molecule has 1 unspecified atom stereocenters. The van der Waals surface area contributed by atoms with Crippen molar-refractivity contribution >= 4 is 0 Å².